The van der Waals surface area contributed by atoms with Crippen molar-refractivity contribution in [3.8, 4) is 5.75 Å². The third kappa shape index (κ3) is 3.66. The molecule has 1 saturated heterocycles. The number of rotatable bonds is 5. The van der Waals surface area contributed by atoms with Crippen LogP contribution in [0, 0.1) is 0 Å². The minimum Gasteiger partial charge on any atom is -0.507 e. The molecular weight excluding hydrogens is 312 g/mol. The Morgan fingerprint density at radius 1 is 1.55 bits per heavy atom. The Hall–Kier alpha value is -1.87. The summed E-state index contributed by atoms with van der Waals surface area (Å²) < 4.78 is 28.2. The van der Waals surface area contributed by atoms with E-state index in [1.54, 1.807) is 0 Å². The molecule has 0 saturated carbocycles. The van der Waals surface area contributed by atoms with Crippen molar-refractivity contribution in [2.24, 2.45) is 0 Å². The molecule has 1 fully saturated rings. The summed E-state index contributed by atoms with van der Waals surface area (Å²) in [6.45, 7) is 0.445. The first-order valence-electron chi connectivity index (χ1n) is 6.76. The van der Waals surface area contributed by atoms with Crippen LogP contribution in [0.2, 0.25) is 0 Å². The average molecular weight is 330 g/mol. The second-order valence-electron chi connectivity index (χ2n) is 5.14. The van der Waals surface area contributed by atoms with Gasteiger partial charge in [0.15, 0.2) is 9.84 Å². The molecule has 1 amide bonds. The van der Waals surface area contributed by atoms with Crippen LogP contribution in [-0.2, 0) is 14.6 Å². The monoisotopic (exact) mass is 330 g/mol. The predicted octanol–water partition coefficient (Wildman–Crippen LogP) is -0.644. The third-order valence-corrected chi connectivity index (χ3v) is 5.33. The topological polar surface area (TPSA) is 117 Å². The molecule has 1 aliphatic heterocycles. The molecule has 0 aliphatic carbocycles. The van der Waals surface area contributed by atoms with Crippen LogP contribution in [0.5, 0.6) is 5.75 Å². The Bertz CT molecular complexity index is 711. The number of aromatic hydroxyl groups is 1. The maximum atomic E-state index is 12.6. The highest BCUT2D eigenvalue weighted by atomic mass is 32.2. The van der Waals surface area contributed by atoms with Crippen molar-refractivity contribution < 1.29 is 23.1 Å². The average Bonchev–Trinajstić information content (AvgIpc) is 2.79. The number of hydrogen-bond donors (Lipinski definition) is 2. The molecule has 2 rings (SSSR count). The van der Waals surface area contributed by atoms with Gasteiger partial charge in [0.05, 0.1) is 23.7 Å². The van der Waals surface area contributed by atoms with Gasteiger partial charge >= 0.3 is 0 Å². The first-order chi connectivity index (χ1) is 10.3. The first-order valence-corrected chi connectivity index (χ1v) is 8.58. The van der Waals surface area contributed by atoms with Gasteiger partial charge in [-0.15, -0.1) is 0 Å². The standard InChI is InChI=1S/C13H18N2O6S/c1-21-4-3-15(9-2-5-22(19,20)8-9)13(18)10-7-14-12(17)6-11(10)16/h6-7,9H,2-5,8H2,1H3,(H2,14,16,17). The Kier molecular flexibility index (Phi) is 4.87. The smallest absolute Gasteiger partial charge is 0.259 e. The van der Waals surface area contributed by atoms with Gasteiger partial charge in [-0.1, -0.05) is 0 Å². The van der Waals surface area contributed by atoms with Crippen LogP contribution in [0.25, 0.3) is 0 Å². The summed E-state index contributed by atoms with van der Waals surface area (Å²) in [6.07, 6.45) is 1.48. The van der Waals surface area contributed by atoms with Crippen molar-refractivity contribution in [1.29, 1.82) is 0 Å². The Balaban J connectivity index is 2.28. The number of aromatic nitrogens is 1. The molecule has 0 aromatic carbocycles. The fourth-order valence-corrected chi connectivity index (χ4v) is 4.18. The fraction of sp³-hybridized carbons (Fsp3) is 0.538. The van der Waals surface area contributed by atoms with Crippen molar-refractivity contribution in [3.05, 3.63) is 28.2 Å². The molecule has 0 spiro atoms. The van der Waals surface area contributed by atoms with Crippen molar-refractivity contribution in [3.63, 3.8) is 0 Å². The quantitative estimate of drug-likeness (QED) is 0.741. The number of sulfone groups is 1. The van der Waals surface area contributed by atoms with Gasteiger partial charge in [-0.05, 0) is 6.42 Å². The minimum absolute atomic E-state index is 0.0338. The Labute approximate surface area is 127 Å². The highest BCUT2D eigenvalue weighted by Crippen LogP contribution is 2.22. The molecule has 9 heteroatoms. The molecule has 2 N–H and O–H groups in total. The van der Waals surface area contributed by atoms with Crippen LogP contribution in [0.4, 0.5) is 0 Å². The van der Waals surface area contributed by atoms with Crippen LogP contribution in [0.3, 0.4) is 0 Å². The summed E-state index contributed by atoms with van der Waals surface area (Å²) in [5.41, 5.74) is -0.596. The van der Waals surface area contributed by atoms with Crippen molar-refractivity contribution in [2.45, 2.75) is 12.5 Å². The lowest BCUT2D eigenvalue weighted by atomic mass is 10.1. The molecular formula is C13H18N2O6S. The fourth-order valence-electron chi connectivity index (χ4n) is 2.45. The second-order valence-corrected chi connectivity index (χ2v) is 7.37. The van der Waals surface area contributed by atoms with E-state index in [0.29, 0.717) is 6.42 Å². The normalized spacial score (nSPS) is 20.0. The molecule has 0 bridgehead atoms. The number of carbonyl (C=O) groups excluding carboxylic acids is 1. The van der Waals surface area contributed by atoms with Crippen LogP contribution in [0.15, 0.2) is 17.1 Å². The molecule has 1 aliphatic rings. The van der Waals surface area contributed by atoms with Gasteiger partial charge in [-0.25, -0.2) is 8.42 Å². The zero-order valence-corrected chi connectivity index (χ0v) is 12.9. The Morgan fingerprint density at radius 2 is 2.27 bits per heavy atom. The number of nitrogens with one attached hydrogen (secondary N) is 1. The zero-order chi connectivity index (χ0) is 16.3. The second kappa shape index (κ2) is 6.49. The van der Waals surface area contributed by atoms with Gasteiger partial charge in [0.2, 0.25) is 0 Å². The number of carbonyl (C=O) groups is 1. The van der Waals surface area contributed by atoms with Crippen molar-refractivity contribution in [1.82, 2.24) is 9.88 Å². The van der Waals surface area contributed by atoms with Gasteiger partial charge in [0, 0.05) is 32.0 Å². The van der Waals surface area contributed by atoms with E-state index >= 15 is 0 Å². The molecule has 2 heterocycles. The summed E-state index contributed by atoms with van der Waals surface area (Å²) in [6, 6.07) is 0.451. The highest BCUT2D eigenvalue weighted by Gasteiger charge is 2.35. The van der Waals surface area contributed by atoms with Gasteiger partial charge in [-0.2, -0.15) is 0 Å². The number of pyridine rings is 1. The number of hydrogen-bond acceptors (Lipinski definition) is 6. The summed E-state index contributed by atoms with van der Waals surface area (Å²) in [5, 5.41) is 9.76. The van der Waals surface area contributed by atoms with Crippen molar-refractivity contribution >= 4 is 15.7 Å². The zero-order valence-electron chi connectivity index (χ0n) is 12.1. The van der Waals surface area contributed by atoms with E-state index in [2.05, 4.69) is 4.98 Å². The summed E-state index contributed by atoms with van der Waals surface area (Å²) in [5.74, 6) is -1.04. The molecule has 1 aromatic heterocycles. The van der Waals surface area contributed by atoms with Crippen LogP contribution >= 0.6 is 0 Å². The lowest BCUT2D eigenvalue weighted by Crippen LogP contribution is -2.43. The van der Waals surface area contributed by atoms with Gasteiger partial charge < -0.3 is 19.7 Å². The van der Waals surface area contributed by atoms with Crippen LogP contribution in [-0.4, -0.2) is 67.1 Å². The summed E-state index contributed by atoms with van der Waals surface area (Å²) >= 11 is 0. The van der Waals surface area contributed by atoms with Gasteiger partial charge in [-0.3, -0.25) is 9.59 Å². The molecule has 122 valence electrons. The lowest BCUT2D eigenvalue weighted by molar-refractivity contribution is 0.0621. The number of methoxy groups -OCH3 is 1. The number of ether oxygens (including phenoxy) is 1. The van der Waals surface area contributed by atoms with E-state index in [-0.39, 0.29) is 30.2 Å². The van der Waals surface area contributed by atoms with Gasteiger partial charge in [0.1, 0.15) is 5.75 Å². The summed E-state index contributed by atoms with van der Waals surface area (Å²) in [7, 11) is -1.68. The van der Waals surface area contributed by atoms with Crippen LogP contribution < -0.4 is 5.56 Å². The van der Waals surface area contributed by atoms with E-state index < -0.39 is 33.1 Å². The molecule has 1 unspecified atom stereocenters. The number of amides is 1. The van der Waals surface area contributed by atoms with E-state index in [1.165, 1.54) is 12.0 Å². The van der Waals surface area contributed by atoms with E-state index in [1.807, 2.05) is 0 Å². The molecule has 8 nitrogen and oxygen atoms in total. The van der Waals surface area contributed by atoms with E-state index in [9.17, 15) is 23.1 Å². The van der Waals surface area contributed by atoms with Crippen LogP contribution in [0.1, 0.15) is 16.8 Å². The van der Waals surface area contributed by atoms with E-state index in [0.717, 1.165) is 12.3 Å². The maximum Gasteiger partial charge on any atom is 0.259 e. The third-order valence-electron chi connectivity index (χ3n) is 3.58. The molecule has 22 heavy (non-hydrogen) atoms. The maximum absolute atomic E-state index is 12.6. The van der Waals surface area contributed by atoms with Crippen molar-refractivity contribution in [2.75, 3.05) is 31.8 Å². The predicted molar refractivity (Wildman–Crippen MR) is 78.7 cm³/mol. The largest absolute Gasteiger partial charge is 0.507 e. The lowest BCUT2D eigenvalue weighted by Gasteiger charge is -2.28. The Morgan fingerprint density at radius 3 is 2.82 bits per heavy atom. The number of nitrogens with zero attached hydrogens (tertiary/aromatic N) is 1. The molecule has 0 radical (unpaired) electrons. The summed E-state index contributed by atoms with van der Waals surface area (Å²) in [4.78, 5) is 27.4. The molecule has 1 aromatic rings. The minimum atomic E-state index is -3.15. The first kappa shape index (κ1) is 16.5. The SMILES string of the molecule is COCCN(C(=O)c1c[nH]c(=O)cc1O)C1CCS(=O)(=O)C1. The number of aromatic amines is 1. The number of H-pyrrole nitrogens is 1. The van der Waals surface area contributed by atoms with Gasteiger partial charge in [0.25, 0.3) is 11.5 Å². The highest BCUT2D eigenvalue weighted by molar-refractivity contribution is 7.91. The van der Waals surface area contributed by atoms with E-state index in [4.69, 9.17) is 4.74 Å². The molecule has 1 atom stereocenters.